The third-order valence-electron chi connectivity index (χ3n) is 5.71. The van der Waals surface area contributed by atoms with E-state index in [2.05, 4.69) is 25.9 Å². The lowest BCUT2D eigenvalue weighted by molar-refractivity contribution is 0.00578. The van der Waals surface area contributed by atoms with Crippen LogP contribution in [0.3, 0.4) is 0 Å². The zero-order chi connectivity index (χ0) is 21.4. The van der Waals surface area contributed by atoms with Crippen molar-refractivity contribution in [1.82, 2.24) is 14.5 Å². The van der Waals surface area contributed by atoms with Crippen LogP contribution < -0.4 is 5.46 Å². The lowest BCUT2D eigenvalue weighted by Gasteiger charge is -2.32. The first-order chi connectivity index (χ1) is 13.5. The van der Waals surface area contributed by atoms with Crippen molar-refractivity contribution in [3.05, 3.63) is 40.6 Å². The molecule has 0 radical (unpaired) electrons. The second-order valence-electron chi connectivity index (χ2n) is 8.43. The lowest BCUT2D eigenvalue weighted by Crippen LogP contribution is -2.41. The number of nitrogens with zero attached hydrogens (tertiary/aromatic N) is 3. The quantitative estimate of drug-likeness (QED) is 0.482. The molecule has 2 aromatic rings. The summed E-state index contributed by atoms with van der Waals surface area (Å²) in [5.74, 6) is -0.457. The van der Waals surface area contributed by atoms with Crippen LogP contribution in [0.25, 0.3) is 0 Å². The minimum absolute atomic E-state index is 0.160. The van der Waals surface area contributed by atoms with E-state index >= 15 is 0 Å². The van der Waals surface area contributed by atoms with Crippen molar-refractivity contribution in [2.45, 2.75) is 65.2 Å². The summed E-state index contributed by atoms with van der Waals surface area (Å²) in [6.45, 7) is 12.3. The smallest absolute Gasteiger partial charge is 0.461 e. The molecule has 2 aromatic heterocycles. The van der Waals surface area contributed by atoms with Crippen molar-refractivity contribution in [1.29, 1.82) is 0 Å². The largest absolute Gasteiger partial charge is 0.495 e. The van der Waals surface area contributed by atoms with Crippen LogP contribution in [0.2, 0.25) is 0 Å². The third kappa shape index (κ3) is 4.73. The molecule has 0 N–H and O–H groups in total. The Labute approximate surface area is 180 Å². The number of aromatic nitrogens is 3. The van der Waals surface area contributed by atoms with Crippen molar-refractivity contribution < 1.29 is 18.8 Å². The molecule has 1 atom stereocenters. The van der Waals surface area contributed by atoms with Gasteiger partial charge in [0.15, 0.2) is 0 Å². The van der Waals surface area contributed by atoms with E-state index in [1.807, 2.05) is 52.3 Å². The number of aryl methyl sites for hydroxylation is 1. The minimum Gasteiger partial charge on any atom is -0.461 e. The predicted octanol–water partition coefficient (Wildman–Crippen LogP) is 3.46. The Balaban J connectivity index is 1.64. The van der Waals surface area contributed by atoms with Crippen molar-refractivity contribution >= 4 is 34.5 Å². The Morgan fingerprint density at radius 2 is 1.93 bits per heavy atom. The molecule has 3 rings (SSSR count). The van der Waals surface area contributed by atoms with E-state index in [-0.39, 0.29) is 18.3 Å². The highest BCUT2D eigenvalue weighted by molar-refractivity contribution is 9.10. The summed E-state index contributed by atoms with van der Waals surface area (Å²) in [6, 6.07) is 1.86. The summed E-state index contributed by atoms with van der Waals surface area (Å²) in [5, 5.41) is 0. The average molecular weight is 464 g/mol. The molecular formula is C20H27BBrN3O4. The van der Waals surface area contributed by atoms with Crippen molar-refractivity contribution in [3.8, 4) is 0 Å². The summed E-state index contributed by atoms with van der Waals surface area (Å²) in [5.41, 5.74) is 1.04. The zero-order valence-corrected chi connectivity index (χ0v) is 19.3. The fraction of sp³-hybridized carbons (Fsp3) is 0.550. The molecule has 3 heterocycles. The van der Waals surface area contributed by atoms with E-state index in [1.54, 1.807) is 18.6 Å². The highest BCUT2D eigenvalue weighted by atomic mass is 79.9. The van der Waals surface area contributed by atoms with E-state index in [1.165, 1.54) is 0 Å². The van der Waals surface area contributed by atoms with E-state index < -0.39 is 24.3 Å². The van der Waals surface area contributed by atoms with Gasteiger partial charge in [-0.05, 0) is 74.6 Å². The SMILES string of the molecule is Cc1cnc(C(=O)OCCC(C)n2cnc(Br)c2)cc1B1OC(C)(C)C(C)(C)O1. The third-order valence-corrected chi connectivity index (χ3v) is 6.12. The van der Waals surface area contributed by atoms with Gasteiger partial charge in [0, 0.05) is 24.9 Å². The fourth-order valence-electron chi connectivity index (χ4n) is 2.97. The molecule has 1 saturated heterocycles. The molecule has 156 valence electrons. The molecule has 1 fully saturated rings. The first-order valence-electron chi connectivity index (χ1n) is 9.68. The Bertz CT molecular complexity index is 884. The van der Waals surface area contributed by atoms with Crippen LogP contribution in [0.4, 0.5) is 0 Å². The number of hydrogen-bond acceptors (Lipinski definition) is 6. The van der Waals surface area contributed by atoms with Crippen LogP contribution in [-0.2, 0) is 14.0 Å². The number of pyridine rings is 1. The summed E-state index contributed by atoms with van der Waals surface area (Å²) in [4.78, 5) is 20.9. The number of rotatable bonds is 6. The van der Waals surface area contributed by atoms with Gasteiger partial charge >= 0.3 is 13.1 Å². The maximum Gasteiger partial charge on any atom is 0.495 e. The normalized spacial score (nSPS) is 18.7. The predicted molar refractivity (Wildman–Crippen MR) is 114 cm³/mol. The maximum atomic E-state index is 12.5. The van der Waals surface area contributed by atoms with Crippen LogP contribution in [0.1, 0.15) is 63.1 Å². The fourth-order valence-corrected chi connectivity index (χ4v) is 3.30. The van der Waals surface area contributed by atoms with Crippen LogP contribution in [0, 0.1) is 6.92 Å². The lowest BCUT2D eigenvalue weighted by atomic mass is 9.76. The number of halogens is 1. The molecule has 7 nitrogen and oxygen atoms in total. The van der Waals surface area contributed by atoms with Crippen LogP contribution in [-0.4, -0.2) is 45.4 Å². The first kappa shape index (κ1) is 22.0. The molecule has 0 aromatic carbocycles. The van der Waals surface area contributed by atoms with Gasteiger partial charge in [0.1, 0.15) is 10.3 Å². The van der Waals surface area contributed by atoms with Gasteiger partial charge in [-0.3, -0.25) is 0 Å². The molecule has 0 aliphatic carbocycles. The molecule has 0 saturated carbocycles. The Kier molecular flexibility index (Phi) is 6.22. The number of ether oxygens (including phenoxy) is 1. The summed E-state index contributed by atoms with van der Waals surface area (Å²) >= 11 is 3.33. The first-order valence-corrected chi connectivity index (χ1v) is 10.5. The molecule has 9 heteroatoms. The van der Waals surface area contributed by atoms with Crippen LogP contribution in [0.15, 0.2) is 29.4 Å². The summed E-state index contributed by atoms with van der Waals surface area (Å²) < 4.78 is 20.4. The van der Waals surface area contributed by atoms with Gasteiger partial charge in [-0.1, -0.05) is 0 Å². The number of esters is 1. The van der Waals surface area contributed by atoms with Gasteiger partial charge in [-0.25, -0.2) is 14.8 Å². The Morgan fingerprint density at radius 1 is 1.28 bits per heavy atom. The maximum absolute atomic E-state index is 12.5. The highest BCUT2D eigenvalue weighted by Gasteiger charge is 2.52. The molecule has 1 aliphatic rings. The van der Waals surface area contributed by atoms with Crippen LogP contribution in [0.5, 0.6) is 0 Å². The van der Waals surface area contributed by atoms with Gasteiger partial charge in [0.25, 0.3) is 0 Å². The van der Waals surface area contributed by atoms with E-state index in [4.69, 9.17) is 14.0 Å². The number of hydrogen-bond donors (Lipinski definition) is 0. The molecule has 0 spiro atoms. The second kappa shape index (κ2) is 8.20. The van der Waals surface area contributed by atoms with Crippen LogP contribution >= 0.6 is 15.9 Å². The van der Waals surface area contributed by atoms with E-state index in [0.717, 1.165) is 15.6 Å². The van der Waals surface area contributed by atoms with Crippen molar-refractivity contribution in [2.75, 3.05) is 6.61 Å². The topological polar surface area (TPSA) is 75.5 Å². The van der Waals surface area contributed by atoms with Gasteiger partial charge < -0.3 is 18.6 Å². The summed E-state index contributed by atoms with van der Waals surface area (Å²) in [7, 11) is -0.547. The molecule has 0 bridgehead atoms. The standard InChI is InChI=1S/C20H27BBrN3O4/c1-13-10-23-16(9-15(13)21-28-19(3,4)20(5,6)29-21)18(26)27-8-7-14(2)25-11-17(22)24-12-25/h9-12,14H,7-8H2,1-6H3. The van der Waals surface area contributed by atoms with Gasteiger partial charge in [-0.2, -0.15) is 0 Å². The molecule has 0 amide bonds. The zero-order valence-electron chi connectivity index (χ0n) is 17.7. The number of carbonyl (C=O) groups excluding carboxylic acids is 1. The van der Waals surface area contributed by atoms with Crippen molar-refractivity contribution in [2.24, 2.45) is 0 Å². The van der Waals surface area contributed by atoms with Crippen molar-refractivity contribution in [3.63, 3.8) is 0 Å². The Morgan fingerprint density at radius 3 is 2.52 bits per heavy atom. The minimum atomic E-state index is -0.547. The number of imidazole rings is 1. The van der Waals surface area contributed by atoms with Gasteiger partial charge in [-0.15, -0.1) is 0 Å². The van der Waals surface area contributed by atoms with E-state index in [0.29, 0.717) is 6.42 Å². The average Bonchev–Trinajstić information content (AvgIpc) is 3.15. The van der Waals surface area contributed by atoms with Gasteiger partial charge in [0.2, 0.25) is 0 Å². The summed E-state index contributed by atoms with van der Waals surface area (Å²) in [6.07, 6.45) is 5.97. The second-order valence-corrected chi connectivity index (χ2v) is 9.24. The monoisotopic (exact) mass is 463 g/mol. The molecular weight excluding hydrogens is 437 g/mol. The molecule has 1 unspecified atom stereocenters. The molecule has 29 heavy (non-hydrogen) atoms. The Hall–Kier alpha value is -1.71. The van der Waals surface area contributed by atoms with Gasteiger partial charge in [0.05, 0.1) is 24.1 Å². The van der Waals surface area contributed by atoms with E-state index in [9.17, 15) is 4.79 Å². The highest BCUT2D eigenvalue weighted by Crippen LogP contribution is 2.36. The molecule has 1 aliphatic heterocycles. The number of carbonyl (C=O) groups is 1.